The number of halogens is 3. The lowest BCUT2D eigenvalue weighted by molar-refractivity contribution is -0.145. The summed E-state index contributed by atoms with van der Waals surface area (Å²) in [6, 6.07) is 0. The van der Waals surface area contributed by atoms with Crippen LogP contribution in [0, 0.1) is 0 Å². The maximum atomic E-state index is 12.3. The molecule has 0 unspecified atom stereocenters. The lowest BCUT2D eigenvalue weighted by atomic mass is 10.2. The molecule has 3 nitrogen and oxygen atoms in total. The summed E-state index contributed by atoms with van der Waals surface area (Å²) in [7, 11) is 0. The van der Waals surface area contributed by atoms with Gasteiger partial charge in [-0.3, -0.25) is 0 Å². The summed E-state index contributed by atoms with van der Waals surface area (Å²) >= 11 is 0. The lowest BCUT2D eigenvalue weighted by Crippen LogP contribution is -2.14. The van der Waals surface area contributed by atoms with Gasteiger partial charge in [0, 0.05) is 11.3 Å². The number of aromatic nitrogens is 2. The predicted molar refractivity (Wildman–Crippen MR) is 43.5 cm³/mol. The van der Waals surface area contributed by atoms with Gasteiger partial charge >= 0.3 is 6.18 Å². The molecule has 2 N–H and O–H groups in total. The summed E-state index contributed by atoms with van der Waals surface area (Å²) in [5.74, 6) is -1.16. The highest BCUT2D eigenvalue weighted by molar-refractivity contribution is 5.44. The molecular weight excluding hydrogens is 195 g/mol. The van der Waals surface area contributed by atoms with Crippen LogP contribution < -0.4 is 5.73 Å². The van der Waals surface area contributed by atoms with Crippen LogP contribution in [-0.4, -0.2) is 9.97 Å². The van der Waals surface area contributed by atoms with E-state index in [4.69, 9.17) is 5.73 Å². The van der Waals surface area contributed by atoms with Crippen LogP contribution in [0.2, 0.25) is 0 Å². The van der Waals surface area contributed by atoms with Crippen LogP contribution in [-0.2, 0) is 19.0 Å². The van der Waals surface area contributed by atoms with Gasteiger partial charge in [0.2, 0.25) is 5.82 Å². The molecule has 0 amide bonds. The van der Waals surface area contributed by atoms with E-state index in [-0.39, 0.29) is 5.82 Å². The molecule has 0 radical (unpaired) electrons. The average molecular weight is 203 g/mol. The molecule has 0 atom stereocenters. The first-order valence-corrected chi connectivity index (χ1v) is 4.21. The Labute approximate surface area is 78.2 Å². The van der Waals surface area contributed by atoms with E-state index in [0.717, 1.165) is 6.42 Å². The zero-order valence-electron chi connectivity index (χ0n) is 7.23. The number of nitrogens with zero attached hydrogens (tertiary/aromatic N) is 2. The van der Waals surface area contributed by atoms with E-state index in [1.807, 2.05) is 0 Å². The number of fused-ring (bicyclic) bond motifs is 1. The first-order chi connectivity index (χ1) is 6.48. The molecule has 1 aromatic heterocycles. The fraction of sp³-hybridized carbons (Fsp3) is 0.500. The zero-order chi connectivity index (χ0) is 10.3. The maximum Gasteiger partial charge on any atom is 0.451 e. The van der Waals surface area contributed by atoms with Crippen molar-refractivity contribution in [3.8, 4) is 0 Å². The second-order valence-electron chi connectivity index (χ2n) is 3.21. The molecule has 2 rings (SSSR count). The Bertz CT molecular complexity index is 373. The third-order valence-corrected chi connectivity index (χ3v) is 2.22. The maximum absolute atomic E-state index is 12.3. The van der Waals surface area contributed by atoms with Crippen LogP contribution in [0.5, 0.6) is 0 Å². The largest absolute Gasteiger partial charge is 0.451 e. The molecule has 0 saturated heterocycles. The summed E-state index contributed by atoms with van der Waals surface area (Å²) in [5, 5.41) is 0. The quantitative estimate of drug-likeness (QED) is 0.696. The molecule has 6 heteroatoms. The average Bonchev–Trinajstić information content (AvgIpc) is 2.50. The summed E-state index contributed by atoms with van der Waals surface area (Å²) in [5.41, 5.74) is 6.55. The topological polar surface area (TPSA) is 51.8 Å². The number of nitrogen functional groups attached to an aromatic ring is 1. The second-order valence-corrected chi connectivity index (χ2v) is 3.21. The van der Waals surface area contributed by atoms with Crippen LogP contribution in [0.15, 0.2) is 0 Å². The van der Waals surface area contributed by atoms with Crippen molar-refractivity contribution in [2.45, 2.75) is 25.4 Å². The van der Waals surface area contributed by atoms with Gasteiger partial charge in [-0.05, 0) is 19.3 Å². The Morgan fingerprint density at radius 1 is 1.14 bits per heavy atom. The smallest absolute Gasteiger partial charge is 0.383 e. The number of hydrogen-bond donors (Lipinski definition) is 1. The lowest BCUT2D eigenvalue weighted by Gasteiger charge is -2.08. The van der Waals surface area contributed by atoms with Crippen molar-refractivity contribution in [1.82, 2.24) is 9.97 Å². The minimum Gasteiger partial charge on any atom is -0.383 e. The van der Waals surface area contributed by atoms with Crippen molar-refractivity contribution in [1.29, 1.82) is 0 Å². The molecule has 0 bridgehead atoms. The summed E-state index contributed by atoms with van der Waals surface area (Å²) in [6.45, 7) is 0. The van der Waals surface area contributed by atoms with Crippen molar-refractivity contribution in [3.05, 3.63) is 17.1 Å². The third kappa shape index (κ3) is 1.40. The molecule has 1 aliphatic rings. The fourth-order valence-corrected chi connectivity index (χ4v) is 1.59. The van der Waals surface area contributed by atoms with E-state index in [1.54, 1.807) is 0 Å². The molecule has 0 saturated carbocycles. The molecule has 0 aliphatic heterocycles. The summed E-state index contributed by atoms with van der Waals surface area (Å²) in [6.07, 6.45) is -2.47. The third-order valence-electron chi connectivity index (χ3n) is 2.22. The van der Waals surface area contributed by atoms with Gasteiger partial charge in [0.15, 0.2) is 0 Å². The summed E-state index contributed by atoms with van der Waals surface area (Å²) < 4.78 is 36.8. The van der Waals surface area contributed by atoms with E-state index in [0.29, 0.717) is 24.1 Å². The van der Waals surface area contributed by atoms with Crippen molar-refractivity contribution in [2.24, 2.45) is 0 Å². The van der Waals surface area contributed by atoms with E-state index in [2.05, 4.69) is 9.97 Å². The Morgan fingerprint density at radius 3 is 2.50 bits per heavy atom. The fourth-order valence-electron chi connectivity index (χ4n) is 1.59. The van der Waals surface area contributed by atoms with Crippen molar-refractivity contribution in [3.63, 3.8) is 0 Å². The minimum absolute atomic E-state index is 0.0279. The SMILES string of the molecule is Nc1nc(C(F)(F)F)nc2c1CCC2. The number of nitrogens with two attached hydrogens (primary N) is 1. The van der Waals surface area contributed by atoms with Crippen LogP contribution in [0.3, 0.4) is 0 Å². The molecule has 0 spiro atoms. The molecule has 14 heavy (non-hydrogen) atoms. The first-order valence-electron chi connectivity index (χ1n) is 4.21. The van der Waals surface area contributed by atoms with E-state index in [1.165, 1.54) is 0 Å². The number of alkyl halides is 3. The van der Waals surface area contributed by atoms with Gasteiger partial charge in [0.1, 0.15) is 5.82 Å². The molecule has 1 heterocycles. The molecule has 0 aromatic carbocycles. The van der Waals surface area contributed by atoms with Crippen LogP contribution in [0.4, 0.5) is 19.0 Å². The second kappa shape index (κ2) is 2.83. The van der Waals surface area contributed by atoms with Crippen molar-refractivity contribution >= 4 is 5.82 Å². The van der Waals surface area contributed by atoms with Crippen LogP contribution in [0.25, 0.3) is 0 Å². The van der Waals surface area contributed by atoms with Crippen LogP contribution >= 0.6 is 0 Å². The van der Waals surface area contributed by atoms with Crippen LogP contribution in [0.1, 0.15) is 23.5 Å². The minimum atomic E-state index is -4.51. The highest BCUT2D eigenvalue weighted by Gasteiger charge is 2.36. The van der Waals surface area contributed by atoms with Gasteiger partial charge in [-0.25, -0.2) is 9.97 Å². The monoisotopic (exact) mass is 203 g/mol. The number of rotatable bonds is 0. The molecule has 76 valence electrons. The van der Waals surface area contributed by atoms with Gasteiger partial charge in [-0.1, -0.05) is 0 Å². The van der Waals surface area contributed by atoms with E-state index in [9.17, 15) is 13.2 Å². The van der Waals surface area contributed by atoms with Gasteiger partial charge < -0.3 is 5.73 Å². The van der Waals surface area contributed by atoms with E-state index < -0.39 is 12.0 Å². The Hall–Kier alpha value is -1.33. The van der Waals surface area contributed by atoms with Crippen molar-refractivity contribution in [2.75, 3.05) is 5.73 Å². The first kappa shape index (κ1) is 9.23. The Kier molecular flexibility index (Phi) is 1.87. The van der Waals surface area contributed by atoms with Gasteiger partial charge in [-0.15, -0.1) is 0 Å². The number of hydrogen-bond acceptors (Lipinski definition) is 3. The molecule has 1 aromatic rings. The number of aryl methyl sites for hydroxylation is 1. The van der Waals surface area contributed by atoms with E-state index >= 15 is 0 Å². The number of anilines is 1. The normalized spacial score (nSPS) is 15.6. The molecule has 0 fully saturated rings. The van der Waals surface area contributed by atoms with Gasteiger partial charge in [-0.2, -0.15) is 13.2 Å². The van der Waals surface area contributed by atoms with Gasteiger partial charge in [0.25, 0.3) is 0 Å². The highest BCUT2D eigenvalue weighted by atomic mass is 19.4. The molecular formula is C8H8F3N3. The Balaban J connectivity index is 2.52. The predicted octanol–water partition coefficient (Wildman–Crippen LogP) is 1.57. The zero-order valence-corrected chi connectivity index (χ0v) is 7.23. The standard InChI is InChI=1S/C8H8F3N3/c9-8(10,11)7-13-5-3-1-2-4(5)6(12)14-7/h1-3H2,(H2,12,13,14). The van der Waals surface area contributed by atoms with Crippen molar-refractivity contribution < 1.29 is 13.2 Å². The molecule has 1 aliphatic carbocycles. The van der Waals surface area contributed by atoms with Gasteiger partial charge in [0.05, 0.1) is 0 Å². The summed E-state index contributed by atoms with van der Waals surface area (Å²) in [4.78, 5) is 6.73. The Morgan fingerprint density at radius 2 is 1.86 bits per heavy atom. The highest BCUT2D eigenvalue weighted by Crippen LogP contribution is 2.31.